The second-order valence-electron chi connectivity index (χ2n) is 6.47. The zero-order valence-electron chi connectivity index (χ0n) is 15.8. The largest absolute Gasteiger partial charge is 0.353 e. The van der Waals surface area contributed by atoms with E-state index in [1.54, 1.807) is 0 Å². The molecule has 1 rings (SSSR count). The van der Waals surface area contributed by atoms with Crippen molar-refractivity contribution >= 4 is 0 Å². The number of benzene rings is 1. The highest BCUT2D eigenvalue weighted by atomic mass is 19.2. The van der Waals surface area contributed by atoms with Crippen LogP contribution >= 0.6 is 0 Å². The van der Waals surface area contributed by atoms with Crippen molar-refractivity contribution < 1.29 is 22.6 Å². The van der Waals surface area contributed by atoms with E-state index in [9.17, 15) is 13.2 Å². The molecule has 2 nitrogen and oxygen atoms in total. The number of unbranched alkanes of at least 4 members (excludes halogenated alkanes) is 5. The Morgan fingerprint density at radius 1 is 0.840 bits per heavy atom. The van der Waals surface area contributed by atoms with Gasteiger partial charge in [-0.15, -0.1) is 0 Å². The molecule has 0 saturated heterocycles. The van der Waals surface area contributed by atoms with Crippen LogP contribution in [-0.4, -0.2) is 20.0 Å². The topological polar surface area (TPSA) is 18.5 Å². The third-order valence-corrected chi connectivity index (χ3v) is 4.98. The molecule has 0 bridgehead atoms. The minimum Gasteiger partial charge on any atom is -0.353 e. The molecule has 5 heteroatoms. The van der Waals surface area contributed by atoms with Crippen molar-refractivity contribution in [2.75, 3.05) is 14.2 Å². The third kappa shape index (κ3) is 5.71. The van der Waals surface area contributed by atoms with Crippen molar-refractivity contribution in [1.29, 1.82) is 0 Å². The van der Waals surface area contributed by atoms with Gasteiger partial charge in [-0.1, -0.05) is 52.4 Å². The maximum absolute atomic E-state index is 14.4. The maximum atomic E-state index is 14.4. The Bertz CT molecular complexity index is 508. The number of halogens is 3. The van der Waals surface area contributed by atoms with Crippen LogP contribution in [0.5, 0.6) is 0 Å². The van der Waals surface area contributed by atoms with Crippen LogP contribution in [0, 0.1) is 17.5 Å². The van der Waals surface area contributed by atoms with Gasteiger partial charge in [-0.05, 0) is 24.5 Å². The predicted molar refractivity (Wildman–Crippen MR) is 94.1 cm³/mol. The molecule has 1 aromatic rings. The highest BCUT2D eigenvalue weighted by molar-refractivity contribution is 5.26. The van der Waals surface area contributed by atoms with Gasteiger partial charge in [0.05, 0.1) is 0 Å². The fourth-order valence-electron chi connectivity index (χ4n) is 3.45. The summed E-state index contributed by atoms with van der Waals surface area (Å²) < 4.78 is 52.6. The van der Waals surface area contributed by atoms with E-state index in [0.717, 1.165) is 25.3 Å². The zero-order valence-corrected chi connectivity index (χ0v) is 15.8. The highest BCUT2D eigenvalue weighted by Gasteiger charge is 2.40. The van der Waals surface area contributed by atoms with E-state index >= 15 is 0 Å². The second-order valence-corrected chi connectivity index (χ2v) is 6.47. The van der Waals surface area contributed by atoms with E-state index in [1.165, 1.54) is 33.5 Å². The standard InChI is InChI=1S/C20H31F3O2/c1-5-7-8-9-10-11-12-16(20(6-2,24-3)25-4)15-13-18(22)19(23)14-17(15)21/h13-14,16H,5-12H2,1-4H3. The Labute approximate surface area is 149 Å². The maximum Gasteiger partial charge on any atom is 0.174 e. The van der Waals surface area contributed by atoms with Gasteiger partial charge in [-0.3, -0.25) is 0 Å². The van der Waals surface area contributed by atoms with Crippen molar-refractivity contribution in [2.24, 2.45) is 0 Å². The van der Waals surface area contributed by atoms with Crippen molar-refractivity contribution in [3.8, 4) is 0 Å². The van der Waals surface area contributed by atoms with Gasteiger partial charge in [0.2, 0.25) is 0 Å². The van der Waals surface area contributed by atoms with Gasteiger partial charge in [0.1, 0.15) is 5.82 Å². The van der Waals surface area contributed by atoms with Gasteiger partial charge in [0.25, 0.3) is 0 Å². The quantitative estimate of drug-likeness (QED) is 0.246. The monoisotopic (exact) mass is 360 g/mol. The molecule has 0 N–H and O–H groups in total. The van der Waals surface area contributed by atoms with Gasteiger partial charge in [-0.2, -0.15) is 0 Å². The van der Waals surface area contributed by atoms with Crippen molar-refractivity contribution in [2.45, 2.75) is 76.9 Å². The summed E-state index contributed by atoms with van der Waals surface area (Å²) >= 11 is 0. The van der Waals surface area contributed by atoms with Crippen molar-refractivity contribution in [3.63, 3.8) is 0 Å². The van der Waals surface area contributed by atoms with Crippen LogP contribution in [0.15, 0.2) is 12.1 Å². The first-order valence-electron chi connectivity index (χ1n) is 9.20. The fourth-order valence-corrected chi connectivity index (χ4v) is 3.45. The molecule has 0 aliphatic heterocycles. The lowest BCUT2D eigenvalue weighted by molar-refractivity contribution is -0.225. The molecule has 0 heterocycles. The molecule has 0 aliphatic carbocycles. The molecule has 0 amide bonds. The second kappa shape index (κ2) is 10.8. The minimum absolute atomic E-state index is 0.109. The van der Waals surface area contributed by atoms with Gasteiger partial charge in [0.15, 0.2) is 17.4 Å². The summed E-state index contributed by atoms with van der Waals surface area (Å²) in [6, 6.07) is 1.54. The average molecular weight is 360 g/mol. The summed E-state index contributed by atoms with van der Waals surface area (Å²) in [6.07, 6.45) is 7.58. The lowest BCUT2D eigenvalue weighted by Gasteiger charge is -2.38. The third-order valence-electron chi connectivity index (χ3n) is 4.98. The van der Waals surface area contributed by atoms with Crippen LogP contribution in [0.4, 0.5) is 13.2 Å². The molecular formula is C20H31F3O2. The lowest BCUT2D eigenvalue weighted by Crippen LogP contribution is -2.40. The molecule has 1 atom stereocenters. The van der Waals surface area contributed by atoms with Crippen LogP contribution in [0.3, 0.4) is 0 Å². The summed E-state index contributed by atoms with van der Waals surface area (Å²) in [5, 5.41) is 0. The summed E-state index contributed by atoms with van der Waals surface area (Å²) in [5.41, 5.74) is 0.109. The molecule has 0 saturated carbocycles. The molecule has 0 spiro atoms. The molecule has 144 valence electrons. The Kier molecular flexibility index (Phi) is 9.51. The number of rotatable bonds is 12. The van der Waals surface area contributed by atoms with Crippen LogP contribution < -0.4 is 0 Å². The number of methoxy groups -OCH3 is 2. The van der Waals surface area contributed by atoms with E-state index in [2.05, 4.69) is 6.92 Å². The van der Waals surface area contributed by atoms with Crippen LogP contribution in [0.1, 0.15) is 76.7 Å². The first kappa shape index (κ1) is 22.0. The van der Waals surface area contributed by atoms with E-state index in [4.69, 9.17) is 9.47 Å². The SMILES string of the molecule is CCCCCCCCC(c1cc(F)c(F)cc1F)C(CC)(OC)OC. The molecule has 1 aromatic carbocycles. The van der Waals surface area contributed by atoms with E-state index in [-0.39, 0.29) is 5.56 Å². The van der Waals surface area contributed by atoms with E-state index in [1.807, 2.05) is 6.92 Å². The minimum atomic E-state index is -1.18. The summed E-state index contributed by atoms with van der Waals surface area (Å²) in [4.78, 5) is 0. The molecule has 0 fully saturated rings. The van der Waals surface area contributed by atoms with E-state index < -0.39 is 29.2 Å². The van der Waals surface area contributed by atoms with Crippen LogP contribution in [-0.2, 0) is 9.47 Å². The smallest absolute Gasteiger partial charge is 0.174 e. The first-order valence-corrected chi connectivity index (χ1v) is 9.20. The Morgan fingerprint density at radius 3 is 1.96 bits per heavy atom. The lowest BCUT2D eigenvalue weighted by atomic mass is 9.83. The summed E-state index contributed by atoms with van der Waals surface area (Å²) in [5.74, 6) is -4.57. The molecule has 0 radical (unpaired) electrons. The Morgan fingerprint density at radius 2 is 1.40 bits per heavy atom. The zero-order chi connectivity index (χ0) is 18.9. The van der Waals surface area contributed by atoms with Gasteiger partial charge in [-0.25, -0.2) is 13.2 Å². The summed E-state index contributed by atoms with van der Waals surface area (Å²) in [6.45, 7) is 4.04. The fraction of sp³-hybridized carbons (Fsp3) is 0.700. The molecule has 0 aliphatic rings. The normalized spacial score (nSPS) is 13.2. The Balaban J connectivity index is 3.02. The molecule has 25 heavy (non-hydrogen) atoms. The van der Waals surface area contributed by atoms with Gasteiger partial charge < -0.3 is 9.47 Å². The molecular weight excluding hydrogens is 329 g/mol. The highest BCUT2D eigenvalue weighted by Crippen LogP contribution is 2.40. The molecule has 1 unspecified atom stereocenters. The van der Waals surface area contributed by atoms with Crippen molar-refractivity contribution in [1.82, 2.24) is 0 Å². The number of hydrogen-bond acceptors (Lipinski definition) is 2. The van der Waals surface area contributed by atoms with Crippen molar-refractivity contribution in [3.05, 3.63) is 35.1 Å². The average Bonchev–Trinajstić information content (AvgIpc) is 2.61. The van der Waals surface area contributed by atoms with Crippen LogP contribution in [0.2, 0.25) is 0 Å². The summed E-state index contributed by atoms with van der Waals surface area (Å²) in [7, 11) is 3.00. The van der Waals surface area contributed by atoms with Gasteiger partial charge >= 0.3 is 0 Å². The number of ether oxygens (including phenoxy) is 2. The van der Waals surface area contributed by atoms with Crippen LogP contribution in [0.25, 0.3) is 0 Å². The van der Waals surface area contributed by atoms with E-state index in [0.29, 0.717) is 18.9 Å². The van der Waals surface area contributed by atoms with Gasteiger partial charge in [0, 0.05) is 26.2 Å². The molecule has 0 aromatic heterocycles. The predicted octanol–water partition coefficient (Wildman–Crippen LogP) is 6.34. The first-order chi connectivity index (χ1) is 12.0. The number of hydrogen-bond donors (Lipinski definition) is 0. The Hall–Kier alpha value is -1.07.